The van der Waals surface area contributed by atoms with Gasteiger partial charge in [-0.2, -0.15) is 4.98 Å². The summed E-state index contributed by atoms with van der Waals surface area (Å²) >= 11 is 0. The van der Waals surface area contributed by atoms with Gasteiger partial charge in [0.1, 0.15) is 0 Å². The minimum atomic E-state index is -0.532. The van der Waals surface area contributed by atoms with Crippen LogP contribution in [0.4, 0.5) is 11.8 Å². The number of anilines is 2. The zero-order valence-corrected chi connectivity index (χ0v) is 16.6. The van der Waals surface area contributed by atoms with E-state index in [1.165, 1.54) is 0 Å². The van der Waals surface area contributed by atoms with Crippen molar-refractivity contribution in [3.8, 4) is 0 Å². The number of benzene rings is 1. The highest BCUT2D eigenvalue weighted by Gasteiger charge is 2.21. The lowest BCUT2D eigenvalue weighted by molar-refractivity contribution is -0.154. The van der Waals surface area contributed by atoms with Crippen LogP contribution in [0, 0.1) is 5.92 Å². The quantitative estimate of drug-likeness (QED) is 0.234. The van der Waals surface area contributed by atoms with E-state index in [2.05, 4.69) is 27.7 Å². The van der Waals surface area contributed by atoms with E-state index in [1.807, 2.05) is 38.4 Å². The molecule has 0 unspecified atom stereocenters. The predicted molar refractivity (Wildman–Crippen MR) is 108 cm³/mol. The second kappa shape index (κ2) is 10.4. The summed E-state index contributed by atoms with van der Waals surface area (Å²) in [6.07, 6.45) is 3.70. The summed E-state index contributed by atoms with van der Waals surface area (Å²) in [7, 11) is 3.68. The number of hydrazine groups is 1. The summed E-state index contributed by atoms with van der Waals surface area (Å²) in [6, 6.07) is 7.49. The Balaban J connectivity index is 2.15. The fraction of sp³-hybridized carbons (Fsp3) is 0.474. The number of aromatic nitrogens is 2. The number of hydrogen-bond acceptors (Lipinski definition) is 7. The van der Waals surface area contributed by atoms with Gasteiger partial charge in [0.15, 0.2) is 5.82 Å². The van der Waals surface area contributed by atoms with Crippen LogP contribution in [0.25, 0.3) is 10.9 Å². The molecule has 152 valence electrons. The lowest BCUT2D eigenvalue weighted by Gasteiger charge is -2.20. The second-order valence-corrected chi connectivity index (χ2v) is 6.82. The maximum absolute atomic E-state index is 12.6. The van der Waals surface area contributed by atoms with Crippen molar-refractivity contribution in [3.63, 3.8) is 0 Å². The van der Waals surface area contributed by atoms with Crippen LogP contribution in [0.1, 0.15) is 32.6 Å². The molecule has 1 atom stereocenters. The van der Waals surface area contributed by atoms with Crippen molar-refractivity contribution in [2.24, 2.45) is 5.92 Å². The average molecular weight is 388 g/mol. The van der Waals surface area contributed by atoms with E-state index < -0.39 is 5.92 Å². The first-order valence-corrected chi connectivity index (χ1v) is 9.37. The lowest BCUT2D eigenvalue weighted by atomic mass is 10.0. The number of nitrogens with one attached hydrogen (secondary N) is 2. The molecule has 0 saturated heterocycles. The standard InChI is InChI=1S/C19H28N6O3/c1-4-5-6-9-14(12-25(28)13-26)18(27)23-22-17-15-10-7-8-11-16(15)20-19(21-17)24(2)3/h7-8,10-11,13-14,28H,4-6,9,12H2,1-3H3,(H,23,27)(H,20,21,22)/t14-/m1/s1. The van der Waals surface area contributed by atoms with E-state index in [0.717, 1.165) is 30.2 Å². The fourth-order valence-electron chi connectivity index (χ4n) is 2.80. The summed E-state index contributed by atoms with van der Waals surface area (Å²) in [5.74, 6) is 0.144. The molecule has 0 aliphatic rings. The number of nitrogens with zero attached hydrogens (tertiary/aromatic N) is 4. The summed E-state index contributed by atoms with van der Waals surface area (Å²) < 4.78 is 0. The number of unbranched alkanes of at least 4 members (excludes halogenated alkanes) is 2. The monoisotopic (exact) mass is 388 g/mol. The molecule has 1 aromatic carbocycles. The highest BCUT2D eigenvalue weighted by molar-refractivity contribution is 5.91. The molecule has 0 fully saturated rings. The molecule has 2 aromatic rings. The van der Waals surface area contributed by atoms with E-state index in [-0.39, 0.29) is 12.5 Å². The highest BCUT2D eigenvalue weighted by Crippen LogP contribution is 2.22. The summed E-state index contributed by atoms with van der Waals surface area (Å²) in [4.78, 5) is 34.1. The van der Waals surface area contributed by atoms with Crippen LogP contribution in [0.15, 0.2) is 24.3 Å². The Bertz CT molecular complexity index is 798. The van der Waals surface area contributed by atoms with Gasteiger partial charge in [0.25, 0.3) is 0 Å². The van der Waals surface area contributed by atoms with E-state index in [9.17, 15) is 14.8 Å². The molecule has 1 aromatic heterocycles. The molecule has 0 aliphatic heterocycles. The van der Waals surface area contributed by atoms with E-state index in [0.29, 0.717) is 29.7 Å². The van der Waals surface area contributed by atoms with Gasteiger partial charge < -0.3 is 4.90 Å². The third-order valence-electron chi connectivity index (χ3n) is 4.35. The maximum atomic E-state index is 12.6. The van der Waals surface area contributed by atoms with Crippen molar-refractivity contribution in [2.45, 2.75) is 32.6 Å². The minimum absolute atomic E-state index is 0.0613. The third kappa shape index (κ3) is 5.78. The van der Waals surface area contributed by atoms with Gasteiger partial charge in [0.2, 0.25) is 18.3 Å². The van der Waals surface area contributed by atoms with Crippen LogP contribution < -0.4 is 15.8 Å². The van der Waals surface area contributed by atoms with Crippen LogP contribution in [0.5, 0.6) is 0 Å². The topological polar surface area (TPSA) is 111 Å². The molecule has 2 rings (SSSR count). The number of carbonyl (C=O) groups is 2. The summed E-state index contributed by atoms with van der Waals surface area (Å²) in [5, 5.41) is 10.8. The van der Waals surface area contributed by atoms with Gasteiger partial charge in [-0.1, -0.05) is 38.3 Å². The predicted octanol–water partition coefficient (Wildman–Crippen LogP) is 2.18. The molecule has 1 heterocycles. The maximum Gasteiger partial charge on any atom is 0.243 e. The second-order valence-electron chi connectivity index (χ2n) is 6.82. The Hall–Kier alpha value is -2.94. The van der Waals surface area contributed by atoms with Gasteiger partial charge in [-0.15, -0.1) is 0 Å². The molecule has 0 bridgehead atoms. The van der Waals surface area contributed by atoms with Gasteiger partial charge in [-0.05, 0) is 18.6 Å². The first kappa shape index (κ1) is 21.4. The van der Waals surface area contributed by atoms with E-state index >= 15 is 0 Å². The fourth-order valence-corrected chi connectivity index (χ4v) is 2.80. The number of hydroxylamine groups is 2. The van der Waals surface area contributed by atoms with E-state index in [1.54, 1.807) is 4.90 Å². The van der Waals surface area contributed by atoms with Gasteiger partial charge >= 0.3 is 0 Å². The normalized spacial score (nSPS) is 11.7. The van der Waals surface area contributed by atoms with Crippen LogP contribution in [-0.4, -0.2) is 53.2 Å². The molecular weight excluding hydrogens is 360 g/mol. The number of fused-ring (bicyclic) bond motifs is 1. The molecule has 9 heteroatoms. The van der Waals surface area contributed by atoms with Gasteiger partial charge in [-0.3, -0.25) is 25.6 Å². The Labute approximate surface area is 164 Å². The highest BCUT2D eigenvalue weighted by atomic mass is 16.5. The van der Waals surface area contributed by atoms with Gasteiger partial charge in [0, 0.05) is 19.5 Å². The molecule has 0 saturated carbocycles. The van der Waals surface area contributed by atoms with Gasteiger partial charge in [0.05, 0.1) is 18.0 Å². The molecular formula is C19H28N6O3. The Morgan fingerprint density at radius 2 is 2.00 bits per heavy atom. The number of rotatable bonds is 11. The van der Waals surface area contributed by atoms with Crippen molar-refractivity contribution in [3.05, 3.63) is 24.3 Å². The first-order valence-electron chi connectivity index (χ1n) is 9.37. The van der Waals surface area contributed by atoms with Crippen molar-refractivity contribution in [1.29, 1.82) is 0 Å². The van der Waals surface area contributed by atoms with Crippen molar-refractivity contribution >= 4 is 35.0 Å². The van der Waals surface area contributed by atoms with Crippen LogP contribution in [0.3, 0.4) is 0 Å². The molecule has 2 amide bonds. The summed E-state index contributed by atoms with van der Waals surface area (Å²) in [6.45, 7) is 2.01. The number of para-hydroxylation sites is 1. The van der Waals surface area contributed by atoms with E-state index in [4.69, 9.17) is 0 Å². The molecule has 3 N–H and O–H groups in total. The average Bonchev–Trinajstić information content (AvgIpc) is 2.70. The number of hydrogen-bond donors (Lipinski definition) is 3. The Kier molecular flexibility index (Phi) is 7.94. The molecule has 0 aliphatic carbocycles. The third-order valence-corrected chi connectivity index (χ3v) is 4.35. The molecule has 0 spiro atoms. The number of amides is 2. The van der Waals surface area contributed by atoms with Gasteiger partial charge in [-0.25, -0.2) is 10.0 Å². The van der Waals surface area contributed by atoms with Crippen LogP contribution in [-0.2, 0) is 9.59 Å². The molecule has 0 radical (unpaired) electrons. The van der Waals surface area contributed by atoms with Crippen molar-refractivity contribution in [1.82, 2.24) is 20.5 Å². The summed E-state index contributed by atoms with van der Waals surface area (Å²) in [5.41, 5.74) is 6.29. The zero-order valence-electron chi connectivity index (χ0n) is 16.6. The minimum Gasteiger partial charge on any atom is -0.347 e. The van der Waals surface area contributed by atoms with Crippen molar-refractivity contribution in [2.75, 3.05) is 31.0 Å². The Morgan fingerprint density at radius 3 is 2.68 bits per heavy atom. The smallest absolute Gasteiger partial charge is 0.243 e. The zero-order chi connectivity index (χ0) is 20.5. The van der Waals surface area contributed by atoms with Crippen LogP contribution >= 0.6 is 0 Å². The SMILES string of the molecule is CCCCC[C@H](CN(O)C=O)C(=O)NNc1nc(N(C)C)nc2ccccc12. The molecule has 28 heavy (non-hydrogen) atoms. The first-order chi connectivity index (χ1) is 13.5. The van der Waals surface area contributed by atoms with Crippen LogP contribution in [0.2, 0.25) is 0 Å². The van der Waals surface area contributed by atoms with Crippen molar-refractivity contribution < 1.29 is 14.8 Å². The Morgan fingerprint density at radius 1 is 1.25 bits per heavy atom. The number of carbonyl (C=O) groups excluding carboxylic acids is 2. The molecule has 9 nitrogen and oxygen atoms in total. The lowest BCUT2D eigenvalue weighted by Crippen LogP contribution is -2.40. The largest absolute Gasteiger partial charge is 0.347 e.